The summed E-state index contributed by atoms with van der Waals surface area (Å²) in [7, 11) is 1.50. The molecule has 22 heavy (non-hydrogen) atoms. The monoisotopic (exact) mass is 300 g/mol. The van der Waals surface area contributed by atoms with Gasteiger partial charge in [0.1, 0.15) is 0 Å². The van der Waals surface area contributed by atoms with E-state index in [2.05, 4.69) is 0 Å². The molecule has 4 nitrogen and oxygen atoms in total. The summed E-state index contributed by atoms with van der Waals surface area (Å²) in [4.78, 5) is 11.7. The molecule has 0 saturated heterocycles. The lowest BCUT2D eigenvalue weighted by molar-refractivity contribution is -0.143. The molecule has 0 atom stereocenters. The van der Waals surface area contributed by atoms with Crippen LogP contribution in [0.1, 0.15) is 17.5 Å². The van der Waals surface area contributed by atoms with Gasteiger partial charge in [0, 0.05) is 12.8 Å². The van der Waals surface area contributed by atoms with Crippen molar-refractivity contribution in [2.24, 2.45) is 0 Å². The van der Waals surface area contributed by atoms with Gasteiger partial charge in [0.25, 0.3) is 0 Å². The van der Waals surface area contributed by atoms with Crippen LogP contribution < -0.4 is 4.74 Å². The fourth-order valence-corrected chi connectivity index (χ4v) is 2.14. The van der Waals surface area contributed by atoms with Gasteiger partial charge in [0.2, 0.25) is 0 Å². The second kappa shape index (κ2) is 8.08. The van der Waals surface area contributed by atoms with Crippen molar-refractivity contribution in [2.45, 2.75) is 19.3 Å². The highest BCUT2D eigenvalue weighted by Gasteiger charge is 2.07. The molecule has 0 bridgehead atoms. The lowest BCUT2D eigenvalue weighted by Crippen LogP contribution is -2.08. The Labute approximate surface area is 130 Å². The van der Waals surface area contributed by atoms with E-state index in [4.69, 9.17) is 9.47 Å². The number of phenols is 1. The summed E-state index contributed by atoms with van der Waals surface area (Å²) >= 11 is 0. The van der Waals surface area contributed by atoms with Crippen LogP contribution >= 0.6 is 0 Å². The quantitative estimate of drug-likeness (QED) is 0.798. The van der Waals surface area contributed by atoms with Crippen molar-refractivity contribution >= 4 is 5.97 Å². The first-order valence-corrected chi connectivity index (χ1v) is 7.24. The van der Waals surface area contributed by atoms with Gasteiger partial charge < -0.3 is 14.6 Å². The summed E-state index contributed by atoms with van der Waals surface area (Å²) in [6, 6.07) is 15.0. The van der Waals surface area contributed by atoms with Crippen LogP contribution in [0.5, 0.6) is 11.5 Å². The van der Waals surface area contributed by atoms with E-state index in [0.29, 0.717) is 25.2 Å². The fraction of sp³-hybridized carbons (Fsp3) is 0.278. The summed E-state index contributed by atoms with van der Waals surface area (Å²) in [5.41, 5.74) is 2.02. The van der Waals surface area contributed by atoms with Crippen molar-refractivity contribution in [2.75, 3.05) is 13.7 Å². The predicted octanol–water partition coefficient (Wildman–Crippen LogP) is 3.12. The van der Waals surface area contributed by atoms with Crippen molar-refractivity contribution in [3.8, 4) is 11.5 Å². The third kappa shape index (κ3) is 4.81. The molecule has 2 aromatic rings. The van der Waals surface area contributed by atoms with Gasteiger partial charge in [0.15, 0.2) is 11.5 Å². The van der Waals surface area contributed by atoms with Crippen LogP contribution in [0, 0.1) is 0 Å². The van der Waals surface area contributed by atoms with Crippen molar-refractivity contribution in [3.63, 3.8) is 0 Å². The summed E-state index contributed by atoms with van der Waals surface area (Å²) in [6.45, 7) is 0.386. The molecule has 0 aliphatic heterocycles. The maximum atomic E-state index is 11.7. The molecule has 2 aromatic carbocycles. The number of rotatable bonds is 7. The Bertz CT molecular complexity index is 608. The van der Waals surface area contributed by atoms with E-state index in [9.17, 15) is 9.90 Å². The Kier molecular flexibility index (Phi) is 5.83. The third-order valence-electron chi connectivity index (χ3n) is 3.36. The Morgan fingerprint density at radius 1 is 1.05 bits per heavy atom. The highest BCUT2D eigenvalue weighted by molar-refractivity contribution is 5.69. The molecule has 0 aromatic heterocycles. The third-order valence-corrected chi connectivity index (χ3v) is 3.36. The van der Waals surface area contributed by atoms with E-state index in [1.54, 1.807) is 12.1 Å². The number of carbonyl (C=O) groups excluding carboxylic acids is 1. The molecule has 0 aliphatic carbocycles. The molecule has 0 spiro atoms. The molecular formula is C18H20O4. The van der Waals surface area contributed by atoms with Crippen LogP contribution in [0.15, 0.2) is 48.5 Å². The van der Waals surface area contributed by atoms with Crippen LogP contribution in [0.3, 0.4) is 0 Å². The number of aromatic hydroxyl groups is 1. The summed E-state index contributed by atoms with van der Waals surface area (Å²) in [6.07, 6.45) is 1.54. The number of hydrogen-bond donors (Lipinski definition) is 1. The SMILES string of the molecule is COc1ccc(CCC(=O)OCCc2ccccc2)cc1O. The first-order valence-electron chi connectivity index (χ1n) is 7.24. The number of benzene rings is 2. The predicted molar refractivity (Wildman–Crippen MR) is 84.1 cm³/mol. The molecule has 116 valence electrons. The zero-order valence-electron chi connectivity index (χ0n) is 12.6. The molecule has 4 heteroatoms. The van der Waals surface area contributed by atoms with Crippen molar-refractivity contribution in [3.05, 3.63) is 59.7 Å². The van der Waals surface area contributed by atoms with Gasteiger partial charge in [-0.1, -0.05) is 36.4 Å². The molecule has 1 N–H and O–H groups in total. The zero-order chi connectivity index (χ0) is 15.8. The Hall–Kier alpha value is -2.49. The molecule has 0 radical (unpaired) electrons. The van der Waals surface area contributed by atoms with Gasteiger partial charge in [-0.15, -0.1) is 0 Å². The smallest absolute Gasteiger partial charge is 0.306 e. The zero-order valence-corrected chi connectivity index (χ0v) is 12.6. The lowest BCUT2D eigenvalue weighted by Gasteiger charge is -2.07. The highest BCUT2D eigenvalue weighted by Crippen LogP contribution is 2.26. The number of methoxy groups -OCH3 is 1. The van der Waals surface area contributed by atoms with Gasteiger partial charge in [0.05, 0.1) is 13.7 Å². The van der Waals surface area contributed by atoms with E-state index in [1.807, 2.05) is 36.4 Å². The highest BCUT2D eigenvalue weighted by atomic mass is 16.5. The molecule has 0 fully saturated rings. The van der Waals surface area contributed by atoms with E-state index >= 15 is 0 Å². The summed E-state index contributed by atoms with van der Waals surface area (Å²) < 4.78 is 10.2. The second-order valence-corrected chi connectivity index (χ2v) is 4.96. The maximum Gasteiger partial charge on any atom is 0.306 e. The molecule has 2 rings (SSSR count). The van der Waals surface area contributed by atoms with Crippen molar-refractivity contribution < 1.29 is 19.4 Å². The number of hydrogen-bond acceptors (Lipinski definition) is 4. The molecule has 0 saturated carbocycles. The number of esters is 1. The largest absolute Gasteiger partial charge is 0.504 e. The number of ether oxygens (including phenoxy) is 2. The van der Waals surface area contributed by atoms with Crippen LogP contribution in [0.25, 0.3) is 0 Å². The molecule has 0 amide bonds. The minimum absolute atomic E-state index is 0.0810. The average molecular weight is 300 g/mol. The summed E-state index contributed by atoms with van der Waals surface area (Å²) in [5.74, 6) is 0.276. The maximum absolute atomic E-state index is 11.7. The van der Waals surface area contributed by atoms with Crippen LogP contribution in [0.4, 0.5) is 0 Å². The second-order valence-electron chi connectivity index (χ2n) is 4.96. The summed E-state index contributed by atoms with van der Waals surface area (Å²) in [5, 5.41) is 9.68. The van der Waals surface area contributed by atoms with E-state index < -0.39 is 0 Å². The van der Waals surface area contributed by atoms with Crippen molar-refractivity contribution in [1.82, 2.24) is 0 Å². The molecule has 0 unspecified atom stereocenters. The minimum Gasteiger partial charge on any atom is -0.504 e. The van der Waals surface area contributed by atoms with Gasteiger partial charge >= 0.3 is 5.97 Å². The first kappa shape index (κ1) is 15.9. The van der Waals surface area contributed by atoms with Gasteiger partial charge in [-0.05, 0) is 29.7 Å². The average Bonchev–Trinajstić information content (AvgIpc) is 2.54. The van der Waals surface area contributed by atoms with Gasteiger partial charge in [-0.25, -0.2) is 0 Å². The Morgan fingerprint density at radius 2 is 1.82 bits per heavy atom. The van der Waals surface area contributed by atoms with E-state index in [0.717, 1.165) is 17.5 Å². The van der Waals surface area contributed by atoms with Crippen LogP contribution in [-0.2, 0) is 22.4 Å². The van der Waals surface area contributed by atoms with E-state index in [1.165, 1.54) is 7.11 Å². The normalized spacial score (nSPS) is 10.2. The minimum atomic E-state index is -0.230. The van der Waals surface area contributed by atoms with Crippen LogP contribution in [0.2, 0.25) is 0 Å². The topological polar surface area (TPSA) is 55.8 Å². The molecule has 0 heterocycles. The standard InChI is InChI=1S/C18H20O4/c1-21-17-9-7-15(13-16(17)19)8-10-18(20)22-12-11-14-5-3-2-4-6-14/h2-7,9,13,19H,8,10-12H2,1H3. The first-order chi connectivity index (χ1) is 10.7. The number of aryl methyl sites for hydroxylation is 1. The Morgan fingerprint density at radius 3 is 2.50 bits per heavy atom. The van der Waals surface area contributed by atoms with Crippen LogP contribution in [-0.4, -0.2) is 24.8 Å². The van der Waals surface area contributed by atoms with E-state index in [-0.39, 0.29) is 11.7 Å². The van der Waals surface area contributed by atoms with Gasteiger partial charge in [-0.2, -0.15) is 0 Å². The molecule has 0 aliphatic rings. The number of phenolic OH excluding ortho intramolecular Hbond substituents is 1. The van der Waals surface area contributed by atoms with Gasteiger partial charge in [-0.3, -0.25) is 4.79 Å². The molecular weight excluding hydrogens is 280 g/mol. The number of carbonyl (C=O) groups is 1. The Balaban J connectivity index is 1.72. The fourth-order valence-electron chi connectivity index (χ4n) is 2.14. The van der Waals surface area contributed by atoms with Crippen molar-refractivity contribution in [1.29, 1.82) is 0 Å². The lowest BCUT2D eigenvalue weighted by atomic mass is 10.1.